The lowest BCUT2D eigenvalue weighted by molar-refractivity contribution is -0.176. The average Bonchev–Trinajstić information content (AvgIpc) is 3.00. The van der Waals surface area contributed by atoms with Gasteiger partial charge in [0.05, 0.1) is 12.2 Å². The minimum Gasteiger partial charge on any atom is -0.507 e. The Hall–Kier alpha value is -2.86. The van der Waals surface area contributed by atoms with Crippen molar-refractivity contribution in [3.05, 3.63) is 57.6 Å². The van der Waals surface area contributed by atoms with Crippen LogP contribution in [0.25, 0.3) is 0 Å². The van der Waals surface area contributed by atoms with Crippen molar-refractivity contribution < 1.29 is 29.3 Å². The molecule has 1 aliphatic rings. The molecule has 0 aromatic heterocycles. The van der Waals surface area contributed by atoms with Crippen LogP contribution in [0, 0.1) is 20.8 Å². The zero-order valence-electron chi connectivity index (χ0n) is 18.0. The second kappa shape index (κ2) is 8.11. The van der Waals surface area contributed by atoms with E-state index in [4.69, 9.17) is 9.47 Å². The summed E-state index contributed by atoms with van der Waals surface area (Å²) < 4.78 is 11.1. The van der Waals surface area contributed by atoms with Gasteiger partial charge in [-0.25, -0.2) is 0 Å². The Labute approximate surface area is 176 Å². The van der Waals surface area contributed by atoms with Gasteiger partial charge in [-0.05, 0) is 45.2 Å². The molecule has 6 heteroatoms. The molecule has 0 radical (unpaired) electrons. The summed E-state index contributed by atoms with van der Waals surface area (Å²) in [5, 5.41) is 22.2. The molecule has 160 valence electrons. The van der Waals surface area contributed by atoms with Gasteiger partial charge in [-0.2, -0.15) is 0 Å². The van der Waals surface area contributed by atoms with Crippen molar-refractivity contribution in [1.82, 2.24) is 0 Å². The molecule has 1 aliphatic heterocycles. The van der Waals surface area contributed by atoms with Crippen molar-refractivity contribution in [2.75, 3.05) is 6.61 Å². The molecule has 0 bridgehead atoms. The highest BCUT2D eigenvalue weighted by molar-refractivity contribution is 6.13. The molecule has 30 heavy (non-hydrogen) atoms. The number of aromatic hydroxyl groups is 1. The van der Waals surface area contributed by atoms with Gasteiger partial charge in [-0.15, -0.1) is 0 Å². The maximum atomic E-state index is 13.4. The Morgan fingerprint density at radius 3 is 2.30 bits per heavy atom. The number of ether oxygens (including phenoxy) is 2. The van der Waals surface area contributed by atoms with E-state index in [0.717, 1.165) is 5.56 Å². The Morgan fingerprint density at radius 2 is 1.73 bits per heavy atom. The third kappa shape index (κ3) is 3.45. The number of carbonyl (C=O) groups excluding carboxylic acids is 2. The lowest BCUT2D eigenvalue weighted by atomic mass is 9.82. The Morgan fingerprint density at radius 1 is 1.10 bits per heavy atom. The molecule has 2 aromatic carbocycles. The average molecular weight is 412 g/mol. The number of phenolic OH excluding ortho intramolecular Hbond substituents is 1. The lowest BCUT2D eigenvalue weighted by Crippen LogP contribution is -2.42. The van der Waals surface area contributed by atoms with E-state index in [1.165, 1.54) is 0 Å². The molecule has 0 unspecified atom stereocenters. The molecule has 0 amide bonds. The third-order valence-electron chi connectivity index (χ3n) is 5.70. The fraction of sp³-hybridized carbons (Fsp3) is 0.417. The highest BCUT2D eigenvalue weighted by Crippen LogP contribution is 2.53. The van der Waals surface area contributed by atoms with Crippen LogP contribution in [0.1, 0.15) is 70.8 Å². The third-order valence-corrected chi connectivity index (χ3v) is 5.70. The molecule has 0 saturated heterocycles. The summed E-state index contributed by atoms with van der Waals surface area (Å²) in [6, 6.07) is 6.95. The molecule has 0 spiro atoms. The standard InChI is InChI=1S/C24H28O6/c1-6-12-24(28)19(23(27)29-7-2)17-18(20(25)14(4)15(5)22(17)30-24)21(26)16-10-8-13(3)9-11-16/h8-11,19,25,28H,6-7,12H2,1-5H3/t19-,24-/m0/s1. The maximum absolute atomic E-state index is 13.4. The summed E-state index contributed by atoms with van der Waals surface area (Å²) >= 11 is 0. The quantitative estimate of drug-likeness (QED) is 0.549. The van der Waals surface area contributed by atoms with Gasteiger partial charge in [0.1, 0.15) is 11.5 Å². The summed E-state index contributed by atoms with van der Waals surface area (Å²) in [5.41, 5.74) is 2.57. The first-order valence-electron chi connectivity index (χ1n) is 10.2. The zero-order chi connectivity index (χ0) is 22.2. The molecule has 2 N–H and O–H groups in total. The second-order valence-corrected chi connectivity index (χ2v) is 7.79. The van der Waals surface area contributed by atoms with Crippen molar-refractivity contribution in [1.29, 1.82) is 0 Å². The summed E-state index contributed by atoms with van der Waals surface area (Å²) in [5.74, 6) is -4.16. The number of carbonyl (C=O) groups is 2. The maximum Gasteiger partial charge on any atom is 0.320 e. The molecule has 1 heterocycles. The first-order chi connectivity index (χ1) is 14.2. The molecule has 6 nitrogen and oxygen atoms in total. The van der Waals surface area contributed by atoms with Crippen LogP contribution in [0.5, 0.6) is 11.5 Å². The van der Waals surface area contributed by atoms with Crippen molar-refractivity contribution in [3.8, 4) is 11.5 Å². The van der Waals surface area contributed by atoms with Gasteiger partial charge in [0, 0.05) is 17.5 Å². The minimum atomic E-state index is -1.85. The van der Waals surface area contributed by atoms with Gasteiger partial charge >= 0.3 is 5.97 Å². The number of rotatable bonds is 6. The van der Waals surface area contributed by atoms with Gasteiger partial charge in [0.25, 0.3) is 0 Å². The molecule has 0 saturated carbocycles. The Balaban J connectivity index is 2.30. The number of benzene rings is 2. The smallest absolute Gasteiger partial charge is 0.320 e. The largest absolute Gasteiger partial charge is 0.507 e. The van der Waals surface area contributed by atoms with Crippen LogP contribution < -0.4 is 4.74 Å². The number of hydrogen-bond donors (Lipinski definition) is 2. The van der Waals surface area contributed by atoms with Crippen LogP contribution >= 0.6 is 0 Å². The van der Waals surface area contributed by atoms with Gasteiger partial charge in [0.15, 0.2) is 11.7 Å². The van der Waals surface area contributed by atoms with Gasteiger partial charge < -0.3 is 19.7 Å². The minimum absolute atomic E-state index is 0.0259. The number of ketones is 1. The molecular formula is C24H28O6. The SMILES string of the molecule is CCC[C@]1(O)Oc2c(C)c(C)c(O)c(C(=O)c3ccc(C)cc3)c2[C@H]1C(=O)OCC. The lowest BCUT2D eigenvalue weighted by Gasteiger charge is -2.27. The zero-order valence-corrected chi connectivity index (χ0v) is 18.0. The number of hydrogen-bond acceptors (Lipinski definition) is 6. The number of esters is 1. The monoisotopic (exact) mass is 412 g/mol. The normalized spacial score (nSPS) is 19.9. The van der Waals surface area contributed by atoms with E-state index in [2.05, 4.69) is 0 Å². The van der Waals surface area contributed by atoms with E-state index in [-0.39, 0.29) is 35.7 Å². The number of fused-ring (bicyclic) bond motifs is 1. The first-order valence-corrected chi connectivity index (χ1v) is 10.2. The molecular weight excluding hydrogens is 384 g/mol. The Kier molecular flexibility index (Phi) is 5.90. The summed E-state index contributed by atoms with van der Waals surface area (Å²) in [4.78, 5) is 26.4. The number of phenols is 1. The summed E-state index contributed by atoms with van der Waals surface area (Å²) in [6.45, 7) is 8.97. The molecule has 2 aromatic rings. The van der Waals surface area contributed by atoms with Crippen LogP contribution in [-0.2, 0) is 9.53 Å². The first kappa shape index (κ1) is 21.8. The number of aliphatic hydroxyl groups is 1. The predicted octanol–water partition coefficient (Wildman–Crippen LogP) is 4.08. The van der Waals surface area contributed by atoms with Crippen molar-refractivity contribution in [3.63, 3.8) is 0 Å². The predicted molar refractivity (Wildman–Crippen MR) is 112 cm³/mol. The second-order valence-electron chi connectivity index (χ2n) is 7.79. The van der Waals surface area contributed by atoms with Gasteiger partial charge in [-0.3, -0.25) is 9.59 Å². The highest BCUT2D eigenvalue weighted by Gasteiger charge is 2.54. The summed E-state index contributed by atoms with van der Waals surface area (Å²) in [7, 11) is 0. The Bertz CT molecular complexity index is 992. The van der Waals surface area contributed by atoms with E-state index in [1.54, 1.807) is 45.0 Å². The van der Waals surface area contributed by atoms with Crippen LogP contribution in [0.3, 0.4) is 0 Å². The molecule has 0 fully saturated rings. The fourth-order valence-corrected chi connectivity index (χ4v) is 4.01. The molecule has 3 rings (SSSR count). The van der Waals surface area contributed by atoms with Gasteiger partial charge in [0.2, 0.25) is 5.79 Å². The van der Waals surface area contributed by atoms with E-state index >= 15 is 0 Å². The topological polar surface area (TPSA) is 93.1 Å². The van der Waals surface area contributed by atoms with E-state index < -0.39 is 23.5 Å². The van der Waals surface area contributed by atoms with E-state index in [1.807, 2.05) is 13.8 Å². The van der Waals surface area contributed by atoms with E-state index in [9.17, 15) is 19.8 Å². The highest BCUT2D eigenvalue weighted by atomic mass is 16.6. The molecule has 0 aliphatic carbocycles. The van der Waals surface area contributed by atoms with Crippen molar-refractivity contribution >= 4 is 11.8 Å². The molecule has 2 atom stereocenters. The fourth-order valence-electron chi connectivity index (χ4n) is 4.01. The van der Waals surface area contributed by atoms with Crippen LogP contribution in [0.4, 0.5) is 0 Å². The van der Waals surface area contributed by atoms with Crippen LogP contribution in [0.15, 0.2) is 24.3 Å². The van der Waals surface area contributed by atoms with Crippen molar-refractivity contribution in [2.24, 2.45) is 0 Å². The van der Waals surface area contributed by atoms with E-state index in [0.29, 0.717) is 23.1 Å². The van der Waals surface area contributed by atoms with Gasteiger partial charge in [-0.1, -0.05) is 36.8 Å². The summed E-state index contributed by atoms with van der Waals surface area (Å²) in [6.07, 6.45) is 0.716. The van der Waals surface area contributed by atoms with Crippen LogP contribution in [0.2, 0.25) is 0 Å². The van der Waals surface area contributed by atoms with Crippen LogP contribution in [-0.4, -0.2) is 34.4 Å². The van der Waals surface area contributed by atoms with Crippen molar-refractivity contribution in [2.45, 2.75) is 59.2 Å². The number of aryl methyl sites for hydroxylation is 1.